The minimum Gasteiger partial charge on any atom is -0.396 e. The summed E-state index contributed by atoms with van der Waals surface area (Å²) in [7, 11) is -2.18. The van der Waals surface area contributed by atoms with Gasteiger partial charge < -0.3 is 24.0 Å². The summed E-state index contributed by atoms with van der Waals surface area (Å²) in [6, 6.07) is 0. The van der Waals surface area contributed by atoms with Crippen LogP contribution in [0.15, 0.2) is 0 Å². The first-order valence-electron chi connectivity index (χ1n) is 14.8. The van der Waals surface area contributed by atoms with Crippen molar-refractivity contribution in [2.75, 3.05) is 32.9 Å². The third-order valence-corrected chi connectivity index (χ3v) is 7.95. The molecule has 0 aliphatic heterocycles. The van der Waals surface area contributed by atoms with Crippen LogP contribution in [-0.2, 0) is 13.6 Å². The molecule has 0 saturated carbocycles. The number of aliphatic hydroxyl groups is 1. The summed E-state index contributed by atoms with van der Waals surface area (Å²) < 4.78 is 18.9. The molecule has 2 N–H and O–H groups in total. The van der Waals surface area contributed by atoms with E-state index in [2.05, 4.69) is 32.3 Å². The molecule has 0 radical (unpaired) electrons. The molecule has 0 saturated heterocycles. The Morgan fingerprint density at radius 3 is 1.82 bits per heavy atom. The first kappa shape index (κ1) is 34.0. The quantitative estimate of drug-likeness (QED) is 0.0650. The molecule has 0 amide bonds. The van der Waals surface area contributed by atoms with Crippen molar-refractivity contribution in [3.05, 3.63) is 0 Å². The molecule has 0 aromatic heterocycles. The van der Waals surface area contributed by atoms with Gasteiger partial charge in [0.05, 0.1) is 0 Å². The van der Waals surface area contributed by atoms with Gasteiger partial charge in [0, 0.05) is 19.8 Å². The zero-order valence-electron chi connectivity index (χ0n) is 23.5. The molecular weight excluding hydrogens is 442 g/mol. The molecule has 0 fully saturated rings. The summed E-state index contributed by atoms with van der Waals surface area (Å²) in [4.78, 5) is 0. The second-order valence-corrected chi connectivity index (χ2v) is 13.6. The van der Waals surface area contributed by atoms with E-state index in [0.717, 1.165) is 58.4 Å². The van der Waals surface area contributed by atoms with Gasteiger partial charge in [0.2, 0.25) is 0 Å². The van der Waals surface area contributed by atoms with Gasteiger partial charge in [0.15, 0.2) is 0 Å². The van der Waals surface area contributed by atoms with Crippen LogP contribution in [0.25, 0.3) is 0 Å². The van der Waals surface area contributed by atoms with Gasteiger partial charge in [0.1, 0.15) is 6.29 Å². The van der Waals surface area contributed by atoms with E-state index in [1.54, 1.807) is 0 Å². The zero-order valence-corrected chi connectivity index (χ0v) is 24.5. The van der Waals surface area contributed by atoms with E-state index in [1.807, 2.05) is 0 Å². The smallest absolute Gasteiger partial charge is 0.333 e. The Balaban J connectivity index is 4.05. The Morgan fingerprint density at radius 2 is 1.18 bits per heavy atom. The Bertz CT molecular complexity index is 399. The van der Waals surface area contributed by atoms with Crippen LogP contribution in [0.5, 0.6) is 0 Å². The fourth-order valence-corrected chi connectivity index (χ4v) is 5.57. The van der Waals surface area contributed by atoms with Gasteiger partial charge in [-0.05, 0) is 71.1 Å². The fraction of sp³-hybridized carbons (Fsp3) is 1.00. The molecule has 6 heteroatoms. The number of unbranched alkanes of at least 4 members (excludes halogenated alkanes) is 13. The molecule has 0 aliphatic rings. The summed E-state index contributed by atoms with van der Waals surface area (Å²) in [5.41, 5.74) is 0. The molecule has 34 heavy (non-hydrogen) atoms. The summed E-state index contributed by atoms with van der Waals surface area (Å²) in [6.45, 7) is 12.9. The Kier molecular flexibility index (Phi) is 26.1. The summed E-state index contributed by atoms with van der Waals surface area (Å²) in [5, 5.41) is 12.2. The molecule has 5 nitrogen and oxygen atoms in total. The highest BCUT2D eigenvalue weighted by atomic mass is 28.4. The normalized spacial score (nSPS) is 13.0. The van der Waals surface area contributed by atoms with E-state index in [-0.39, 0.29) is 6.29 Å². The molecule has 0 spiro atoms. The predicted octanol–water partition coefficient (Wildman–Crippen LogP) is 7.71. The Labute approximate surface area is 214 Å². The number of aliphatic hydroxyl groups excluding tert-OH is 1. The number of nitrogens with one attached hydrogen (secondary N) is 1. The zero-order chi connectivity index (χ0) is 25.2. The van der Waals surface area contributed by atoms with Crippen molar-refractivity contribution >= 4 is 8.56 Å². The van der Waals surface area contributed by atoms with Crippen LogP contribution >= 0.6 is 0 Å². The predicted molar refractivity (Wildman–Crippen MR) is 149 cm³/mol. The maximum atomic E-state index is 8.79. The second kappa shape index (κ2) is 26.1. The van der Waals surface area contributed by atoms with Gasteiger partial charge in [-0.2, -0.15) is 0 Å². The third kappa shape index (κ3) is 25.1. The molecule has 0 rings (SSSR count). The van der Waals surface area contributed by atoms with Crippen LogP contribution in [0.2, 0.25) is 13.1 Å². The molecule has 1 atom stereocenters. The Hall–Kier alpha value is 0.0169. The van der Waals surface area contributed by atoms with Gasteiger partial charge in [-0.3, -0.25) is 0 Å². The van der Waals surface area contributed by atoms with Crippen molar-refractivity contribution in [1.29, 1.82) is 0 Å². The highest BCUT2D eigenvalue weighted by molar-refractivity contribution is 6.64. The van der Waals surface area contributed by atoms with E-state index in [0.29, 0.717) is 6.61 Å². The lowest BCUT2D eigenvalue weighted by Crippen LogP contribution is -2.40. The molecule has 0 heterocycles. The van der Waals surface area contributed by atoms with Gasteiger partial charge in [-0.15, -0.1) is 0 Å². The fourth-order valence-electron chi connectivity index (χ4n) is 4.05. The van der Waals surface area contributed by atoms with Crippen LogP contribution in [0.4, 0.5) is 0 Å². The van der Waals surface area contributed by atoms with Crippen molar-refractivity contribution in [1.82, 2.24) is 5.32 Å². The minimum atomic E-state index is -2.18. The van der Waals surface area contributed by atoms with Crippen LogP contribution in [0.3, 0.4) is 0 Å². The lowest BCUT2D eigenvalue weighted by atomic mass is 10.1. The van der Waals surface area contributed by atoms with Crippen molar-refractivity contribution < 1.29 is 18.7 Å². The highest BCUT2D eigenvalue weighted by Crippen LogP contribution is 2.18. The van der Waals surface area contributed by atoms with Gasteiger partial charge in [-0.1, -0.05) is 84.5 Å². The van der Waals surface area contributed by atoms with E-state index >= 15 is 0 Å². The average molecular weight is 504 g/mol. The third-order valence-electron chi connectivity index (χ3n) is 6.22. The lowest BCUT2D eigenvalue weighted by Gasteiger charge is -2.29. The van der Waals surface area contributed by atoms with Gasteiger partial charge >= 0.3 is 8.56 Å². The van der Waals surface area contributed by atoms with Crippen LogP contribution < -0.4 is 5.32 Å². The SMILES string of the molecule is CCCCCCCCOC(CCCCCCC)O[Si](C)(C)OCCCCCCNCCCCO. The van der Waals surface area contributed by atoms with Gasteiger partial charge in [-0.25, -0.2) is 0 Å². The van der Waals surface area contributed by atoms with Crippen molar-refractivity contribution in [3.63, 3.8) is 0 Å². The lowest BCUT2D eigenvalue weighted by molar-refractivity contribution is -0.104. The van der Waals surface area contributed by atoms with E-state index in [1.165, 1.54) is 83.5 Å². The average Bonchev–Trinajstić information content (AvgIpc) is 2.81. The standard InChI is InChI=1S/C28H61NO4Si/c1-5-7-9-11-14-20-26-31-28(22-16-12-10-8-6-2)33-34(3,4)32-27-21-15-13-17-23-29-24-18-19-25-30/h28-30H,5-27H2,1-4H3. The van der Waals surface area contributed by atoms with Crippen molar-refractivity contribution in [2.45, 2.75) is 149 Å². The summed E-state index contributed by atoms with van der Waals surface area (Å²) in [5.74, 6) is 0. The summed E-state index contributed by atoms with van der Waals surface area (Å²) in [6.07, 6.45) is 21.7. The maximum Gasteiger partial charge on any atom is 0.333 e. The van der Waals surface area contributed by atoms with Gasteiger partial charge in [0.25, 0.3) is 0 Å². The summed E-state index contributed by atoms with van der Waals surface area (Å²) >= 11 is 0. The maximum absolute atomic E-state index is 8.79. The second-order valence-electron chi connectivity index (χ2n) is 10.2. The van der Waals surface area contributed by atoms with Crippen molar-refractivity contribution in [3.8, 4) is 0 Å². The number of hydrogen-bond donors (Lipinski definition) is 2. The molecule has 0 aromatic carbocycles. The molecular formula is C28H61NO4Si. The largest absolute Gasteiger partial charge is 0.396 e. The van der Waals surface area contributed by atoms with Crippen LogP contribution in [0, 0.1) is 0 Å². The highest BCUT2D eigenvalue weighted by Gasteiger charge is 2.29. The number of hydrogen-bond acceptors (Lipinski definition) is 5. The van der Waals surface area contributed by atoms with Crippen LogP contribution in [0.1, 0.15) is 129 Å². The molecule has 0 bridgehead atoms. The number of rotatable bonds is 28. The minimum absolute atomic E-state index is 0.101. The molecule has 206 valence electrons. The molecule has 0 aromatic rings. The van der Waals surface area contributed by atoms with E-state index in [9.17, 15) is 0 Å². The van der Waals surface area contributed by atoms with E-state index < -0.39 is 8.56 Å². The topological polar surface area (TPSA) is 60.0 Å². The first-order valence-corrected chi connectivity index (χ1v) is 17.6. The first-order chi connectivity index (χ1) is 16.6. The monoisotopic (exact) mass is 503 g/mol. The Morgan fingerprint density at radius 1 is 0.647 bits per heavy atom. The number of ether oxygens (including phenoxy) is 1. The van der Waals surface area contributed by atoms with Crippen molar-refractivity contribution in [2.24, 2.45) is 0 Å². The van der Waals surface area contributed by atoms with E-state index in [4.69, 9.17) is 18.7 Å². The molecule has 0 aliphatic carbocycles. The van der Waals surface area contributed by atoms with Crippen LogP contribution in [-0.4, -0.2) is 52.9 Å². The molecule has 1 unspecified atom stereocenters.